The molecule has 2 N–H and O–H groups in total. The van der Waals surface area contributed by atoms with Crippen LogP contribution in [0.25, 0.3) is 11.3 Å². The van der Waals surface area contributed by atoms with Crippen molar-refractivity contribution in [2.24, 2.45) is 11.8 Å². The number of carbonyl (C=O) groups excluding carboxylic acids is 4. The van der Waals surface area contributed by atoms with Crippen molar-refractivity contribution in [2.45, 2.75) is 50.6 Å². The fourth-order valence-electron chi connectivity index (χ4n) is 9.81. The van der Waals surface area contributed by atoms with E-state index in [1.165, 1.54) is 33.6 Å². The molecule has 4 atom stereocenters. The zero-order valence-electron chi connectivity index (χ0n) is 37.7. The lowest BCUT2D eigenvalue weighted by Crippen LogP contribution is -2.33. The molecule has 0 spiro atoms. The molecule has 0 unspecified atom stereocenters. The van der Waals surface area contributed by atoms with E-state index in [2.05, 4.69) is 20.8 Å². The quantitative estimate of drug-likeness (QED) is 0.0725. The summed E-state index contributed by atoms with van der Waals surface area (Å²) in [4.78, 5) is 68.2. The Balaban J connectivity index is 0.653. The number of fused-ring (bicyclic) bond motifs is 2. The summed E-state index contributed by atoms with van der Waals surface area (Å²) < 4.78 is 71.4. The van der Waals surface area contributed by atoms with Gasteiger partial charge in [0.05, 0.1) is 37.7 Å². The first kappa shape index (κ1) is 46.0. The van der Waals surface area contributed by atoms with Gasteiger partial charge in [0.2, 0.25) is 0 Å². The van der Waals surface area contributed by atoms with E-state index in [0.717, 1.165) is 49.3 Å². The molecule has 364 valence electrons. The lowest BCUT2D eigenvalue weighted by Gasteiger charge is -2.26. The number of aromatic nitrogens is 6. The lowest BCUT2D eigenvalue weighted by atomic mass is 10.0. The molecule has 0 radical (unpaired) electrons. The molecule has 4 fully saturated rings. The van der Waals surface area contributed by atoms with E-state index < -0.39 is 47.3 Å². The zero-order chi connectivity index (χ0) is 48.5. The molecule has 4 saturated heterocycles. The van der Waals surface area contributed by atoms with Gasteiger partial charge in [-0.25, -0.2) is 55.7 Å². The third kappa shape index (κ3) is 9.74. The molecular weight excluding hydrogens is 917 g/mol. The number of likely N-dealkylation sites (tertiary alicyclic amines) is 2. The summed E-state index contributed by atoms with van der Waals surface area (Å²) in [5.41, 5.74) is 2.03. The summed E-state index contributed by atoms with van der Waals surface area (Å²) in [6.45, 7) is 2.67. The first-order valence-corrected chi connectivity index (χ1v) is 23.2. The van der Waals surface area contributed by atoms with Gasteiger partial charge in [-0.2, -0.15) is 10.2 Å². The van der Waals surface area contributed by atoms with Gasteiger partial charge >= 0.3 is 24.0 Å². The molecule has 6 aromatic rings. The van der Waals surface area contributed by atoms with E-state index >= 15 is 0 Å². The van der Waals surface area contributed by atoms with Crippen LogP contribution >= 0.6 is 0 Å². The maximum Gasteiger partial charge on any atom is 0.331 e. The minimum absolute atomic E-state index is 0.0235. The number of benzene rings is 2. The smallest absolute Gasteiger partial charge is 0.331 e. The molecule has 8 heterocycles. The maximum atomic E-state index is 14.7. The second-order valence-electron chi connectivity index (χ2n) is 17.9. The van der Waals surface area contributed by atoms with Crippen LogP contribution in [0.2, 0.25) is 0 Å². The Morgan fingerprint density at radius 1 is 0.600 bits per heavy atom. The maximum absolute atomic E-state index is 14.7. The molecule has 0 aliphatic carbocycles. The molecule has 2 aromatic carbocycles. The number of urea groups is 2. The Hall–Kier alpha value is -7.78. The second-order valence-corrected chi connectivity index (χ2v) is 17.9. The number of nitrogens with zero attached hydrogens (tertiary/aromatic N) is 10. The molecule has 18 nitrogen and oxygen atoms in total. The highest BCUT2D eigenvalue weighted by Gasteiger charge is 2.33. The summed E-state index contributed by atoms with van der Waals surface area (Å²) in [6, 6.07) is 8.78. The van der Waals surface area contributed by atoms with E-state index in [4.69, 9.17) is 19.4 Å². The van der Waals surface area contributed by atoms with E-state index in [1.54, 1.807) is 34.3 Å². The highest BCUT2D eigenvalue weighted by Crippen LogP contribution is 2.39. The molecule has 10 rings (SSSR count). The van der Waals surface area contributed by atoms with Crippen molar-refractivity contribution in [3.63, 3.8) is 0 Å². The summed E-state index contributed by atoms with van der Waals surface area (Å²) >= 11 is 0. The largest absolute Gasteiger partial charge is 0.462 e. The van der Waals surface area contributed by atoms with Gasteiger partial charge in [-0.3, -0.25) is 0 Å². The Kier molecular flexibility index (Phi) is 12.9. The van der Waals surface area contributed by atoms with Crippen molar-refractivity contribution in [3.05, 3.63) is 120 Å². The van der Waals surface area contributed by atoms with Crippen molar-refractivity contribution in [2.75, 3.05) is 72.9 Å². The van der Waals surface area contributed by atoms with Crippen LogP contribution in [0.5, 0.6) is 0 Å². The molecule has 4 aliphatic heterocycles. The number of amides is 4. The Morgan fingerprint density at radius 2 is 1.04 bits per heavy atom. The van der Waals surface area contributed by atoms with Gasteiger partial charge in [0, 0.05) is 86.8 Å². The van der Waals surface area contributed by atoms with Crippen molar-refractivity contribution >= 4 is 58.3 Å². The fourth-order valence-corrected chi connectivity index (χ4v) is 9.81. The number of ether oxygens (including phenoxy) is 2. The molecule has 4 aromatic heterocycles. The predicted molar refractivity (Wildman–Crippen MR) is 246 cm³/mol. The molecule has 4 aliphatic rings. The van der Waals surface area contributed by atoms with Gasteiger partial charge in [-0.1, -0.05) is 0 Å². The summed E-state index contributed by atoms with van der Waals surface area (Å²) in [7, 11) is 0. The Labute approximate surface area is 397 Å². The van der Waals surface area contributed by atoms with Gasteiger partial charge in [0.25, 0.3) is 0 Å². The number of hydrogen-bond acceptors (Lipinski definition) is 12. The van der Waals surface area contributed by atoms with Gasteiger partial charge in [0.15, 0.2) is 11.3 Å². The van der Waals surface area contributed by atoms with Crippen LogP contribution in [-0.2, 0) is 19.1 Å². The van der Waals surface area contributed by atoms with Gasteiger partial charge in [-0.05, 0) is 87.1 Å². The summed E-state index contributed by atoms with van der Waals surface area (Å²) in [5.74, 6) is -2.71. The minimum Gasteiger partial charge on any atom is -0.462 e. The van der Waals surface area contributed by atoms with Gasteiger partial charge in [0.1, 0.15) is 46.3 Å². The van der Waals surface area contributed by atoms with Crippen LogP contribution in [0, 0.1) is 35.1 Å². The van der Waals surface area contributed by atoms with Crippen LogP contribution in [0.4, 0.5) is 50.2 Å². The van der Waals surface area contributed by atoms with Crippen LogP contribution in [0.1, 0.15) is 61.7 Å². The standard InChI is InChI=1S/C48H48F4N12O6/c49-31-5-7-35(51)33(21-31)39-3-1-15-61(39)41-13-19-63-45(57-41)37(23-53-63)55-47(67)59-17-11-29(25-59)27-69-43(65)9-10-44(66)70-28-30-12-18-60(26-30)48(68)56-38-24-54-64-20-14-42(58-46(38)64)62-16-2-4-40(62)34-22-32(50)6-8-36(34)52/h5-10,13-14,19-24,29-30,39-40H,1-4,11-12,15-18,25-28H2,(H,55,67)(H,56,68)/b10-9+/t29-,30-,39+,40+/m0/s1. The lowest BCUT2D eigenvalue weighted by molar-refractivity contribution is -0.141. The van der Waals surface area contributed by atoms with Crippen LogP contribution < -0.4 is 20.4 Å². The number of carbonyl (C=O) groups is 4. The SMILES string of the molecule is O=C(/C=C/C(=O)OC[C@H]1CCN(C(=O)Nc2cnn3ccc(N4CCC[C@@H]4c4cc(F)ccc4F)nc23)C1)OC[C@H]1CCN(C(=O)Nc2cnn3ccc(N4CCC[C@@H]4c4cc(F)ccc4F)nc23)C1. The first-order valence-electron chi connectivity index (χ1n) is 23.2. The molecule has 0 bridgehead atoms. The third-order valence-corrected chi connectivity index (χ3v) is 13.3. The number of halogens is 4. The van der Waals surface area contributed by atoms with E-state index in [9.17, 15) is 36.7 Å². The fraction of sp³-hybridized carbons (Fsp3) is 0.375. The van der Waals surface area contributed by atoms with E-state index in [-0.39, 0.29) is 48.2 Å². The summed E-state index contributed by atoms with van der Waals surface area (Å²) in [5, 5.41) is 14.4. The van der Waals surface area contributed by atoms with Crippen molar-refractivity contribution in [1.82, 2.24) is 39.0 Å². The third-order valence-electron chi connectivity index (χ3n) is 13.3. The van der Waals surface area contributed by atoms with Gasteiger partial charge in [-0.15, -0.1) is 0 Å². The van der Waals surface area contributed by atoms with E-state index in [1.807, 2.05) is 9.80 Å². The molecule has 0 saturated carbocycles. The van der Waals surface area contributed by atoms with Crippen LogP contribution in [-0.4, -0.2) is 115 Å². The Morgan fingerprint density at radius 3 is 1.49 bits per heavy atom. The highest BCUT2D eigenvalue weighted by atomic mass is 19.1. The number of rotatable bonds is 12. The Bertz CT molecular complexity index is 2810. The van der Waals surface area contributed by atoms with Crippen LogP contribution in [0.15, 0.2) is 85.5 Å². The van der Waals surface area contributed by atoms with Crippen molar-refractivity contribution < 1.29 is 46.2 Å². The first-order chi connectivity index (χ1) is 33.9. The number of hydrogen-bond donors (Lipinski definition) is 2. The molecule has 70 heavy (non-hydrogen) atoms. The molecular formula is C48H48F4N12O6. The summed E-state index contributed by atoms with van der Waals surface area (Å²) in [6.07, 6.45) is 12.3. The molecule has 22 heteroatoms. The van der Waals surface area contributed by atoms with Crippen molar-refractivity contribution in [3.8, 4) is 0 Å². The van der Waals surface area contributed by atoms with E-state index in [0.29, 0.717) is 99.3 Å². The van der Waals surface area contributed by atoms with Crippen LogP contribution in [0.3, 0.4) is 0 Å². The minimum atomic E-state index is -0.743. The molecule has 4 amide bonds. The topological polar surface area (TPSA) is 184 Å². The number of nitrogens with one attached hydrogen (secondary N) is 2. The second kappa shape index (κ2) is 19.7. The monoisotopic (exact) mass is 964 g/mol. The normalized spacial score (nSPS) is 20.3. The van der Waals surface area contributed by atoms with Gasteiger partial charge < -0.3 is 39.7 Å². The average molecular weight is 965 g/mol. The number of anilines is 4. The average Bonchev–Trinajstić information content (AvgIpc) is 4.23. The van der Waals surface area contributed by atoms with Crippen molar-refractivity contribution in [1.29, 1.82) is 0 Å². The number of esters is 2. The predicted octanol–water partition coefficient (Wildman–Crippen LogP) is 7.06. The highest BCUT2D eigenvalue weighted by molar-refractivity contribution is 5.94. The zero-order valence-corrected chi connectivity index (χ0v) is 37.7.